The van der Waals surface area contributed by atoms with Gasteiger partial charge >= 0.3 is 5.97 Å². The lowest BCUT2D eigenvalue weighted by Crippen LogP contribution is -2.50. The summed E-state index contributed by atoms with van der Waals surface area (Å²) in [6.45, 7) is 3.18. The van der Waals surface area contributed by atoms with Gasteiger partial charge in [-0.05, 0) is 50.3 Å². The first-order valence-electron chi connectivity index (χ1n) is 13.3. The molecule has 2 heterocycles. The molecule has 3 unspecified atom stereocenters. The van der Waals surface area contributed by atoms with Crippen LogP contribution >= 0.6 is 11.6 Å². The third kappa shape index (κ3) is 5.71. The summed E-state index contributed by atoms with van der Waals surface area (Å²) in [5.74, 6) is 3.99. The summed E-state index contributed by atoms with van der Waals surface area (Å²) in [7, 11) is 1.69. The molecule has 0 aromatic heterocycles. The van der Waals surface area contributed by atoms with Gasteiger partial charge in [-0.2, -0.15) is 0 Å². The van der Waals surface area contributed by atoms with Crippen molar-refractivity contribution in [2.75, 3.05) is 33.3 Å². The van der Waals surface area contributed by atoms with E-state index >= 15 is 0 Å². The number of halogens is 1. The largest absolute Gasteiger partial charge is 0.487 e. The van der Waals surface area contributed by atoms with Crippen LogP contribution in [0.4, 0.5) is 0 Å². The Morgan fingerprint density at radius 1 is 1.16 bits per heavy atom. The Labute approximate surface area is 228 Å². The molecule has 1 aromatic rings. The lowest BCUT2D eigenvalue weighted by Gasteiger charge is -2.43. The maximum Gasteiger partial charge on any atom is 0.307 e. The van der Waals surface area contributed by atoms with Gasteiger partial charge in [-0.15, -0.1) is 0 Å². The Morgan fingerprint density at radius 2 is 1.87 bits per heavy atom. The van der Waals surface area contributed by atoms with Crippen molar-refractivity contribution in [2.45, 2.75) is 57.9 Å². The maximum absolute atomic E-state index is 14.0. The van der Waals surface area contributed by atoms with E-state index in [1.165, 1.54) is 5.01 Å². The second-order valence-corrected chi connectivity index (χ2v) is 10.9. The molecule has 1 saturated heterocycles. The number of likely N-dealkylation sites (tertiary alicyclic amines) is 1. The number of aliphatic carboxylic acids is 1. The molecule has 5 N–H and O–H groups in total. The highest BCUT2D eigenvalue weighted by atomic mass is 35.5. The first-order chi connectivity index (χ1) is 18.1. The van der Waals surface area contributed by atoms with Gasteiger partial charge in [-0.1, -0.05) is 24.4 Å². The zero-order valence-corrected chi connectivity index (χ0v) is 22.9. The predicted octanol–water partition coefficient (Wildman–Crippen LogP) is 2.65. The number of amides is 2. The van der Waals surface area contributed by atoms with Gasteiger partial charge in [0.2, 0.25) is 11.8 Å². The fourth-order valence-corrected chi connectivity index (χ4v) is 6.15. The lowest BCUT2D eigenvalue weighted by molar-refractivity contribution is -0.154. The van der Waals surface area contributed by atoms with Crippen LogP contribution in [0.2, 0.25) is 5.02 Å². The number of nitrogens with zero attached hydrogens (tertiary/aromatic N) is 3. The van der Waals surface area contributed by atoms with E-state index in [9.17, 15) is 19.5 Å². The second-order valence-electron chi connectivity index (χ2n) is 10.5. The van der Waals surface area contributed by atoms with E-state index in [4.69, 9.17) is 27.9 Å². The van der Waals surface area contributed by atoms with Crippen LogP contribution in [-0.4, -0.2) is 71.0 Å². The van der Waals surface area contributed by atoms with Gasteiger partial charge in [0.1, 0.15) is 12.4 Å². The standard InChI is InChI=1S/C27H38ClN5O5/c1-16(31(2)30)21(29)15-38-23-10-9-20(28)19-11-13-33(22(25(19)23)14-32-12-5-8-24(32)34)26(35)17-6-3-4-7-18(17)27(36)37/h9-10,17-18,22H,3-8,11-15,29-30H2,1-2H3,(H,36,37)/b21-16-. The molecule has 0 radical (unpaired) electrons. The molecule has 0 bridgehead atoms. The zero-order chi connectivity index (χ0) is 27.6. The summed E-state index contributed by atoms with van der Waals surface area (Å²) in [4.78, 5) is 42.2. The third-order valence-corrected chi connectivity index (χ3v) is 8.55. The first-order valence-corrected chi connectivity index (χ1v) is 13.7. The highest BCUT2D eigenvalue weighted by Crippen LogP contribution is 2.43. The molecule has 1 aromatic carbocycles. The number of carbonyl (C=O) groups is 3. The number of hydrogen-bond acceptors (Lipinski definition) is 7. The van der Waals surface area contributed by atoms with Crippen molar-refractivity contribution in [3.05, 3.63) is 39.7 Å². The molecule has 2 fully saturated rings. The Balaban J connectivity index is 1.73. The SMILES string of the molecule is C/C(=C(/N)COc1ccc(Cl)c2c1C(CN1CCCC1=O)N(C(=O)C1CCCCC1C(=O)O)CC2)N(C)N. The summed E-state index contributed by atoms with van der Waals surface area (Å²) in [5.41, 5.74) is 8.96. The molecular weight excluding hydrogens is 510 g/mol. The minimum Gasteiger partial charge on any atom is -0.487 e. The van der Waals surface area contributed by atoms with E-state index in [0.29, 0.717) is 67.5 Å². The molecule has 2 amide bonds. The van der Waals surface area contributed by atoms with Crippen molar-refractivity contribution in [2.24, 2.45) is 23.4 Å². The van der Waals surface area contributed by atoms with Gasteiger partial charge in [0.05, 0.1) is 23.6 Å². The highest BCUT2D eigenvalue weighted by Gasteiger charge is 2.43. The minimum atomic E-state index is -0.929. The summed E-state index contributed by atoms with van der Waals surface area (Å²) in [6, 6.07) is 3.03. The van der Waals surface area contributed by atoms with Crippen molar-refractivity contribution in [1.82, 2.24) is 14.8 Å². The van der Waals surface area contributed by atoms with Crippen LogP contribution < -0.4 is 16.3 Å². The van der Waals surface area contributed by atoms with Crippen LogP contribution in [0.15, 0.2) is 23.5 Å². The number of allylic oxidation sites excluding steroid dienone is 1. The number of carbonyl (C=O) groups excluding carboxylic acids is 2. The molecule has 3 aliphatic rings. The fourth-order valence-electron chi connectivity index (χ4n) is 5.89. The molecular formula is C27H38ClN5O5. The molecule has 208 valence electrons. The summed E-state index contributed by atoms with van der Waals surface area (Å²) in [6.07, 6.45) is 4.40. The number of ether oxygens (including phenoxy) is 1. The molecule has 3 atom stereocenters. The van der Waals surface area contributed by atoms with Gasteiger partial charge in [0, 0.05) is 49.4 Å². The van der Waals surface area contributed by atoms with Crippen molar-refractivity contribution < 1.29 is 24.2 Å². The second kappa shape index (κ2) is 11.8. The molecule has 1 aliphatic carbocycles. The average molecular weight is 548 g/mol. The number of carboxylic acids is 1. The summed E-state index contributed by atoms with van der Waals surface area (Å²) >= 11 is 6.65. The number of rotatable bonds is 8. The monoisotopic (exact) mass is 547 g/mol. The Bertz CT molecular complexity index is 1120. The Hall–Kier alpha value is -2.98. The number of hydrazine groups is 1. The van der Waals surface area contributed by atoms with E-state index in [-0.39, 0.29) is 18.4 Å². The third-order valence-electron chi connectivity index (χ3n) is 8.20. The van der Waals surface area contributed by atoms with Crippen LogP contribution in [0.25, 0.3) is 0 Å². The van der Waals surface area contributed by atoms with Gasteiger partial charge in [-0.3, -0.25) is 14.4 Å². The zero-order valence-electron chi connectivity index (χ0n) is 22.1. The van der Waals surface area contributed by atoms with Crippen molar-refractivity contribution in [3.63, 3.8) is 0 Å². The number of carboxylic acid groups (broad SMARTS) is 1. The number of benzene rings is 1. The van der Waals surface area contributed by atoms with E-state index in [1.807, 2.05) is 0 Å². The molecule has 1 saturated carbocycles. The normalized spacial score (nSPS) is 24.1. The van der Waals surface area contributed by atoms with Crippen LogP contribution in [-0.2, 0) is 20.8 Å². The fraction of sp³-hybridized carbons (Fsp3) is 0.593. The topological polar surface area (TPSA) is 142 Å². The summed E-state index contributed by atoms with van der Waals surface area (Å²) in [5, 5.41) is 11.8. The van der Waals surface area contributed by atoms with Gasteiger partial charge < -0.3 is 30.4 Å². The first kappa shape index (κ1) is 28.0. The van der Waals surface area contributed by atoms with Crippen LogP contribution in [0, 0.1) is 11.8 Å². The molecule has 10 nitrogen and oxygen atoms in total. The van der Waals surface area contributed by atoms with Crippen molar-refractivity contribution >= 4 is 29.4 Å². The lowest BCUT2D eigenvalue weighted by atomic mass is 9.77. The van der Waals surface area contributed by atoms with Crippen molar-refractivity contribution in [3.8, 4) is 5.75 Å². The van der Waals surface area contributed by atoms with Crippen molar-refractivity contribution in [1.29, 1.82) is 0 Å². The van der Waals surface area contributed by atoms with E-state index in [2.05, 4.69) is 0 Å². The number of hydrogen-bond donors (Lipinski definition) is 3. The van der Waals surface area contributed by atoms with E-state index < -0.39 is 23.8 Å². The molecule has 2 aliphatic heterocycles. The molecule has 38 heavy (non-hydrogen) atoms. The number of fused-ring (bicyclic) bond motifs is 1. The average Bonchev–Trinajstić information content (AvgIpc) is 3.31. The van der Waals surface area contributed by atoms with Gasteiger partial charge in [0.25, 0.3) is 0 Å². The smallest absolute Gasteiger partial charge is 0.307 e. The quantitative estimate of drug-likeness (QED) is 0.333. The van der Waals surface area contributed by atoms with Gasteiger partial charge in [-0.25, -0.2) is 5.84 Å². The maximum atomic E-state index is 14.0. The number of nitrogens with two attached hydrogens (primary N) is 2. The van der Waals surface area contributed by atoms with Crippen LogP contribution in [0.5, 0.6) is 5.75 Å². The van der Waals surface area contributed by atoms with Crippen LogP contribution in [0.3, 0.4) is 0 Å². The minimum absolute atomic E-state index is 0.0453. The predicted molar refractivity (Wildman–Crippen MR) is 143 cm³/mol. The highest BCUT2D eigenvalue weighted by molar-refractivity contribution is 6.31. The van der Waals surface area contributed by atoms with Crippen LogP contribution in [0.1, 0.15) is 62.6 Å². The van der Waals surface area contributed by atoms with E-state index in [0.717, 1.165) is 30.4 Å². The Morgan fingerprint density at radius 3 is 2.50 bits per heavy atom. The molecule has 11 heteroatoms. The van der Waals surface area contributed by atoms with Gasteiger partial charge in [0.15, 0.2) is 0 Å². The Kier molecular flexibility index (Phi) is 8.72. The summed E-state index contributed by atoms with van der Waals surface area (Å²) < 4.78 is 6.19. The molecule has 0 spiro atoms. The van der Waals surface area contributed by atoms with E-state index in [1.54, 1.807) is 35.9 Å². The molecule has 4 rings (SSSR count).